The third-order valence-electron chi connectivity index (χ3n) is 4.37. The van der Waals surface area contributed by atoms with Crippen LogP contribution in [0.15, 0.2) is 60.7 Å². The number of anilines is 1. The first-order valence-corrected chi connectivity index (χ1v) is 8.76. The van der Waals surface area contributed by atoms with Gasteiger partial charge in [0.1, 0.15) is 11.5 Å². The largest absolute Gasteiger partial charge is 0.496 e. The molecule has 0 aromatic heterocycles. The Kier molecular flexibility index (Phi) is 5.42. The van der Waals surface area contributed by atoms with Crippen molar-refractivity contribution in [3.05, 3.63) is 66.2 Å². The average Bonchev–Trinajstić information content (AvgIpc) is 2.68. The zero-order chi connectivity index (χ0) is 18.5. The maximum Gasteiger partial charge on any atom is 0.203 e. The third kappa shape index (κ3) is 3.64. The van der Waals surface area contributed by atoms with Crippen molar-refractivity contribution in [1.29, 1.82) is 0 Å². The molecule has 0 heterocycles. The number of hydrogen-bond donors (Lipinski definition) is 1. The van der Waals surface area contributed by atoms with E-state index in [0.29, 0.717) is 23.4 Å². The summed E-state index contributed by atoms with van der Waals surface area (Å²) in [5, 5.41) is 1.79. The van der Waals surface area contributed by atoms with Crippen LogP contribution in [-0.4, -0.2) is 19.0 Å². The number of hydrogen-bond acceptors (Lipinski definition) is 4. The molecular weight excluding hydrogens is 326 g/mol. The molecule has 0 aliphatic heterocycles. The van der Waals surface area contributed by atoms with Crippen LogP contribution >= 0.6 is 0 Å². The molecule has 1 atom stereocenters. The summed E-state index contributed by atoms with van der Waals surface area (Å²) in [6.45, 7) is 2.04. The molecule has 0 bridgehead atoms. The lowest BCUT2D eigenvalue weighted by molar-refractivity contribution is 0.0779. The smallest absolute Gasteiger partial charge is 0.203 e. The van der Waals surface area contributed by atoms with Crippen LogP contribution in [0, 0.1) is 0 Å². The summed E-state index contributed by atoms with van der Waals surface area (Å²) < 4.78 is 11.4. The fourth-order valence-corrected chi connectivity index (χ4v) is 3.05. The molecule has 2 N–H and O–H groups in total. The molecule has 0 aliphatic carbocycles. The fourth-order valence-electron chi connectivity index (χ4n) is 3.05. The predicted molar refractivity (Wildman–Crippen MR) is 105 cm³/mol. The number of benzene rings is 3. The maximum absolute atomic E-state index is 13.2. The number of carbonyl (C=O) groups is 1. The van der Waals surface area contributed by atoms with E-state index in [1.807, 2.05) is 43.3 Å². The highest BCUT2D eigenvalue weighted by Gasteiger charge is 2.23. The van der Waals surface area contributed by atoms with Crippen LogP contribution < -0.4 is 15.2 Å². The molecule has 3 rings (SSSR count). The normalized spacial score (nSPS) is 11.9. The highest BCUT2D eigenvalue weighted by molar-refractivity contribution is 6.11. The maximum atomic E-state index is 13.2. The van der Waals surface area contributed by atoms with Crippen molar-refractivity contribution in [1.82, 2.24) is 0 Å². The number of methoxy groups -OCH3 is 1. The third-order valence-corrected chi connectivity index (χ3v) is 4.37. The SMILES string of the molecule is CCCC(Oc1ccc(N)cc1)C(=O)c1ccc(OC)c2ccccc12. The van der Waals surface area contributed by atoms with Crippen molar-refractivity contribution >= 4 is 22.2 Å². The molecule has 4 heteroatoms. The lowest BCUT2D eigenvalue weighted by atomic mass is 9.96. The molecule has 0 aliphatic rings. The summed E-state index contributed by atoms with van der Waals surface area (Å²) in [6, 6.07) is 18.5. The van der Waals surface area contributed by atoms with Gasteiger partial charge in [0, 0.05) is 16.6 Å². The van der Waals surface area contributed by atoms with Crippen LogP contribution in [0.5, 0.6) is 11.5 Å². The van der Waals surface area contributed by atoms with E-state index in [1.54, 1.807) is 31.4 Å². The summed E-state index contributed by atoms with van der Waals surface area (Å²) in [7, 11) is 1.63. The van der Waals surface area contributed by atoms with E-state index in [9.17, 15) is 4.79 Å². The number of nitrogen functional groups attached to an aromatic ring is 1. The molecule has 3 aromatic rings. The number of Topliss-reactive ketones (excluding diaryl/α,β-unsaturated/α-hetero) is 1. The molecule has 0 saturated carbocycles. The minimum atomic E-state index is -0.541. The van der Waals surface area contributed by atoms with Crippen molar-refractivity contribution in [3.8, 4) is 11.5 Å². The Labute approximate surface area is 153 Å². The topological polar surface area (TPSA) is 61.5 Å². The minimum absolute atomic E-state index is 0.0254. The summed E-state index contributed by atoms with van der Waals surface area (Å²) in [6.07, 6.45) is 0.948. The highest BCUT2D eigenvalue weighted by atomic mass is 16.5. The number of ketones is 1. The Morgan fingerprint density at radius 3 is 2.35 bits per heavy atom. The van der Waals surface area contributed by atoms with Crippen molar-refractivity contribution < 1.29 is 14.3 Å². The Morgan fingerprint density at radius 2 is 1.69 bits per heavy atom. The molecular formula is C22H23NO3. The molecule has 0 radical (unpaired) electrons. The van der Waals surface area contributed by atoms with Gasteiger partial charge in [-0.05, 0) is 48.2 Å². The first-order chi connectivity index (χ1) is 12.6. The second kappa shape index (κ2) is 7.91. The quantitative estimate of drug-likeness (QED) is 0.489. The summed E-state index contributed by atoms with van der Waals surface area (Å²) in [5.41, 5.74) is 7.03. The van der Waals surface area contributed by atoms with Crippen molar-refractivity contribution in [2.45, 2.75) is 25.9 Å². The number of fused-ring (bicyclic) bond motifs is 1. The minimum Gasteiger partial charge on any atom is -0.496 e. The first-order valence-electron chi connectivity index (χ1n) is 8.76. The number of nitrogens with two attached hydrogens (primary N) is 1. The fraction of sp³-hybridized carbons (Fsp3) is 0.227. The molecule has 0 spiro atoms. The predicted octanol–water partition coefficient (Wildman–Crippen LogP) is 4.86. The van der Waals surface area contributed by atoms with Crippen LogP contribution in [-0.2, 0) is 0 Å². The van der Waals surface area contributed by atoms with Gasteiger partial charge in [-0.25, -0.2) is 0 Å². The van der Waals surface area contributed by atoms with Gasteiger partial charge < -0.3 is 15.2 Å². The van der Waals surface area contributed by atoms with E-state index < -0.39 is 6.10 Å². The number of rotatable bonds is 7. The van der Waals surface area contributed by atoms with Gasteiger partial charge in [0.05, 0.1) is 7.11 Å². The second-order valence-corrected chi connectivity index (χ2v) is 6.19. The van der Waals surface area contributed by atoms with E-state index in [-0.39, 0.29) is 5.78 Å². The van der Waals surface area contributed by atoms with Gasteiger partial charge in [-0.1, -0.05) is 37.6 Å². The van der Waals surface area contributed by atoms with Gasteiger partial charge in [0.25, 0.3) is 0 Å². The second-order valence-electron chi connectivity index (χ2n) is 6.19. The van der Waals surface area contributed by atoms with Crippen LogP contribution in [0.25, 0.3) is 10.8 Å². The average molecular weight is 349 g/mol. The van der Waals surface area contributed by atoms with E-state index in [4.69, 9.17) is 15.2 Å². The van der Waals surface area contributed by atoms with E-state index >= 15 is 0 Å². The van der Waals surface area contributed by atoms with Crippen molar-refractivity contribution in [2.24, 2.45) is 0 Å². The number of ether oxygens (including phenoxy) is 2. The van der Waals surface area contributed by atoms with Gasteiger partial charge in [-0.3, -0.25) is 4.79 Å². The zero-order valence-electron chi connectivity index (χ0n) is 15.1. The zero-order valence-corrected chi connectivity index (χ0v) is 15.1. The molecule has 0 saturated heterocycles. The van der Waals surface area contributed by atoms with Gasteiger partial charge in [-0.2, -0.15) is 0 Å². The molecule has 3 aromatic carbocycles. The Morgan fingerprint density at radius 1 is 1.00 bits per heavy atom. The first kappa shape index (κ1) is 17.8. The highest BCUT2D eigenvalue weighted by Crippen LogP contribution is 2.30. The van der Waals surface area contributed by atoms with Crippen LogP contribution in [0.3, 0.4) is 0 Å². The lowest BCUT2D eigenvalue weighted by Gasteiger charge is -2.19. The number of carbonyl (C=O) groups excluding carboxylic acids is 1. The van der Waals surface area contributed by atoms with Gasteiger partial charge >= 0.3 is 0 Å². The Hall–Kier alpha value is -3.01. The van der Waals surface area contributed by atoms with Crippen molar-refractivity contribution in [3.63, 3.8) is 0 Å². The molecule has 4 nitrogen and oxygen atoms in total. The molecule has 1 unspecified atom stereocenters. The van der Waals surface area contributed by atoms with E-state index in [2.05, 4.69) is 0 Å². The van der Waals surface area contributed by atoms with Crippen LogP contribution in [0.1, 0.15) is 30.1 Å². The van der Waals surface area contributed by atoms with Gasteiger partial charge in [0.15, 0.2) is 6.10 Å². The Balaban J connectivity index is 1.97. The monoisotopic (exact) mass is 349 g/mol. The van der Waals surface area contributed by atoms with Crippen LogP contribution in [0.2, 0.25) is 0 Å². The summed E-state index contributed by atoms with van der Waals surface area (Å²) >= 11 is 0. The molecule has 0 amide bonds. The van der Waals surface area contributed by atoms with Crippen molar-refractivity contribution in [2.75, 3.05) is 12.8 Å². The van der Waals surface area contributed by atoms with Gasteiger partial charge in [0.2, 0.25) is 5.78 Å². The van der Waals surface area contributed by atoms with E-state index in [1.165, 1.54) is 0 Å². The molecule has 26 heavy (non-hydrogen) atoms. The van der Waals surface area contributed by atoms with Gasteiger partial charge in [-0.15, -0.1) is 0 Å². The molecule has 0 fully saturated rings. The summed E-state index contributed by atoms with van der Waals surface area (Å²) in [4.78, 5) is 13.2. The lowest BCUT2D eigenvalue weighted by Crippen LogP contribution is -2.27. The molecule has 134 valence electrons. The van der Waals surface area contributed by atoms with Crippen LogP contribution in [0.4, 0.5) is 5.69 Å². The van der Waals surface area contributed by atoms with E-state index in [0.717, 1.165) is 22.9 Å². The standard InChI is InChI=1S/C22H23NO3/c1-3-6-21(26-16-11-9-15(23)10-12-16)22(24)19-13-14-20(25-2)18-8-5-4-7-17(18)19/h4-5,7-14,21H,3,6,23H2,1-2H3. The Bertz CT molecular complexity index is 903. The summed E-state index contributed by atoms with van der Waals surface area (Å²) in [5.74, 6) is 1.37.